The summed E-state index contributed by atoms with van der Waals surface area (Å²) >= 11 is 2.89. The van der Waals surface area contributed by atoms with Crippen molar-refractivity contribution in [3.05, 3.63) is 67.7 Å². The molecular formula is C18H13BrF2N2O7. The zero-order chi connectivity index (χ0) is 22.4. The first kappa shape index (κ1) is 22.9. The number of nitrogens with zero attached hydrogens (tertiary/aromatic N) is 1. The molecule has 9 nitrogen and oxygen atoms in total. The van der Waals surface area contributed by atoms with Gasteiger partial charge in [0.25, 0.3) is 11.6 Å². The van der Waals surface area contributed by atoms with Crippen molar-refractivity contribution >= 4 is 45.2 Å². The van der Waals surface area contributed by atoms with Gasteiger partial charge in [-0.1, -0.05) is 0 Å². The van der Waals surface area contributed by atoms with Gasteiger partial charge in [0.2, 0.25) is 0 Å². The Morgan fingerprint density at radius 1 is 1.07 bits per heavy atom. The third kappa shape index (κ3) is 5.80. The molecule has 0 heterocycles. The molecule has 0 aliphatic carbocycles. The zero-order valence-corrected chi connectivity index (χ0v) is 16.8. The number of carbonyl (C=O) groups is 3. The number of hydrogen-bond acceptors (Lipinski definition) is 7. The lowest BCUT2D eigenvalue weighted by Gasteiger charge is -2.10. The molecule has 1 amide bonds. The van der Waals surface area contributed by atoms with Gasteiger partial charge in [-0.25, -0.2) is 18.4 Å². The molecule has 0 saturated carbocycles. The van der Waals surface area contributed by atoms with E-state index in [0.29, 0.717) is 6.07 Å². The summed E-state index contributed by atoms with van der Waals surface area (Å²) < 4.78 is 36.3. The summed E-state index contributed by atoms with van der Waals surface area (Å²) in [5.74, 6) is -4.90. The van der Waals surface area contributed by atoms with Gasteiger partial charge in [-0.15, -0.1) is 0 Å². The summed E-state index contributed by atoms with van der Waals surface area (Å²) in [4.78, 5) is 46.1. The number of nitrogens with one attached hydrogen (secondary N) is 1. The van der Waals surface area contributed by atoms with Gasteiger partial charge < -0.3 is 14.8 Å². The number of nitro groups is 1. The quantitative estimate of drug-likeness (QED) is 0.360. The van der Waals surface area contributed by atoms with Crippen LogP contribution in [0, 0.1) is 21.7 Å². The number of non-ortho nitro benzene ring substituents is 1. The molecule has 0 radical (unpaired) electrons. The normalized spacial score (nSPS) is 10.3. The molecule has 0 spiro atoms. The SMILES string of the molecule is CCOC(=O)c1cc(C(=O)OCC(=O)Nc2c(F)cc(F)cc2Br)cc([N+](=O)[O-])c1. The Balaban J connectivity index is 2.13. The lowest BCUT2D eigenvalue weighted by atomic mass is 10.1. The topological polar surface area (TPSA) is 125 Å². The lowest BCUT2D eigenvalue weighted by Crippen LogP contribution is -2.22. The van der Waals surface area contributed by atoms with Crippen LogP contribution in [0.5, 0.6) is 0 Å². The Morgan fingerprint density at radius 3 is 2.20 bits per heavy atom. The average Bonchev–Trinajstić information content (AvgIpc) is 2.68. The van der Waals surface area contributed by atoms with Crippen molar-refractivity contribution < 1.29 is 37.6 Å². The number of ether oxygens (including phenoxy) is 2. The molecule has 158 valence electrons. The number of nitro benzene ring substituents is 1. The van der Waals surface area contributed by atoms with Crippen LogP contribution in [0.25, 0.3) is 0 Å². The second-order valence-corrected chi connectivity index (χ2v) is 6.47. The van der Waals surface area contributed by atoms with Crippen molar-refractivity contribution in [3.8, 4) is 0 Å². The minimum absolute atomic E-state index is 0.0109. The monoisotopic (exact) mass is 486 g/mol. The van der Waals surface area contributed by atoms with Gasteiger partial charge in [0.15, 0.2) is 12.4 Å². The summed E-state index contributed by atoms with van der Waals surface area (Å²) in [5, 5.41) is 13.1. The van der Waals surface area contributed by atoms with Crippen LogP contribution < -0.4 is 5.32 Å². The fourth-order valence-corrected chi connectivity index (χ4v) is 2.73. The van der Waals surface area contributed by atoms with Crippen molar-refractivity contribution in [1.82, 2.24) is 0 Å². The fraction of sp³-hybridized carbons (Fsp3) is 0.167. The molecule has 30 heavy (non-hydrogen) atoms. The second-order valence-electron chi connectivity index (χ2n) is 5.61. The first-order valence-electron chi connectivity index (χ1n) is 8.20. The highest BCUT2D eigenvalue weighted by atomic mass is 79.9. The first-order chi connectivity index (χ1) is 14.1. The van der Waals surface area contributed by atoms with Gasteiger partial charge in [0.1, 0.15) is 5.82 Å². The maximum Gasteiger partial charge on any atom is 0.338 e. The van der Waals surface area contributed by atoms with Gasteiger partial charge in [0.05, 0.1) is 28.3 Å². The Labute approximate surface area is 176 Å². The zero-order valence-electron chi connectivity index (χ0n) is 15.2. The number of rotatable bonds is 7. The number of anilines is 1. The van der Waals surface area contributed by atoms with E-state index >= 15 is 0 Å². The summed E-state index contributed by atoms with van der Waals surface area (Å²) in [6.07, 6.45) is 0. The van der Waals surface area contributed by atoms with Gasteiger partial charge >= 0.3 is 11.9 Å². The van der Waals surface area contributed by atoms with E-state index in [2.05, 4.69) is 21.2 Å². The minimum atomic E-state index is -1.14. The van der Waals surface area contributed by atoms with Crippen LogP contribution in [0.3, 0.4) is 0 Å². The molecular weight excluding hydrogens is 474 g/mol. The van der Waals surface area contributed by atoms with E-state index in [1.807, 2.05) is 0 Å². The largest absolute Gasteiger partial charge is 0.462 e. The van der Waals surface area contributed by atoms with Crippen molar-refractivity contribution in [2.45, 2.75) is 6.92 Å². The van der Waals surface area contributed by atoms with E-state index in [1.165, 1.54) is 6.92 Å². The van der Waals surface area contributed by atoms with Crippen LogP contribution in [0.4, 0.5) is 20.2 Å². The molecule has 2 rings (SSSR count). The van der Waals surface area contributed by atoms with E-state index in [-0.39, 0.29) is 27.9 Å². The molecule has 0 saturated heterocycles. The molecule has 0 unspecified atom stereocenters. The summed E-state index contributed by atoms with van der Waals surface area (Å²) in [6, 6.07) is 4.27. The number of esters is 2. The number of halogens is 3. The van der Waals surface area contributed by atoms with E-state index in [0.717, 1.165) is 24.3 Å². The third-order valence-corrected chi connectivity index (χ3v) is 4.11. The second kappa shape index (κ2) is 9.87. The van der Waals surface area contributed by atoms with E-state index in [1.54, 1.807) is 0 Å². The highest BCUT2D eigenvalue weighted by Gasteiger charge is 2.21. The first-order valence-corrected chi connectivity index (χ1v) is 8.99. The van der Waals surface area contributed by atoms with Gasteiger partial charge in [-0.05, 0) is 35.0 Å². The van der Waals surface area contributed by atoms with Crippen molar-refractivity contribution in [1.29, 1.82) is 0 Å². The standard InChI is InChI=1S/C18H13BrF2N2O7/c1-2-29-17(25)9-3-10(5-12(4-9)23(27)28)18(26)30-8-15(24)22-16-13(19)6-11(20)7-14(16)21/h3-7H,2,8H2,1H3,(H,22,24). The fourth-order valence-electron chi connectivity index (χ4n) is 2.22. The number of benzene rings is 2. The molecule has 12 heteroatoms. The van der Waals surface area contributed by atoms with Crippen molar-refractivity contribution in [3.63, 3.8) is 0 Å². The van der Waals surface area contributed by atoms with E-state index in [9.17, 15) is 33.3 Å². The lowest BCUT2D eigenvalue weighted by molar-refractivity contribution is -0.384. The van der Waals surface area contributed by atoms with Crippen LogP contribution in [0.1, 0.15) is 27.6 Å². The Morgan fingerprint density at radius 2 is 1.67 bits per heavy atom. The van der Waals surface area contributed by atoms with E-state index in [4.69, 9.17) is 9.47 Å². The number of hydrogen-bond donors (Lipinski definition) is 1. The van der Waals surface area contributed by atoms with Crippen molar-refractivity contribution in [2.75, 3.05) is 18.5 Å². The van der Waals surface area contributed by atoms with Gasteiger partial charge in [-0.2, -0.15) is 0 Å². The molecule has 0 aromatic heterocycles. The molecule has 0 atom stereocenters. The molecule has 1 N–H and O–H groups in total. The number of amides is 1. The van der Waals surface area contributed by atoms with E-state index < -0.39 is 46.7 Å². The Bertz CT molecular complexity index is 1010. The molecule has 0 fully saturated rings. The predicted octanol–water partition coefficient (Wildman–Crippen LogP) is 3.61. The maximum absolute atomic E-state index is 13.7. The summed E-state index contributed by atoms with van der Waals surface area (Å²) in [5.41, 5.74) is -1.54. The van der Waals surface area contributed by atoms with Gasteiger partial charge in [-0.3, -0.25) is 14.9 Å². The predicted molar refractivity (Wildman–Crippen MR) is 102 cm³/mol. The van der Waals surface area contributed by atoms with Crippen LogP contribution in [0.2, 0.25) is 0 Å². The summed E-state index contributed by atoms with van der Waals surface area (Å²) in [6.45, 7) is 0.669. The highest BCUT2D eigenvalue weighted by Crippen LogP contribution is 2.26. The molecule has 0 aliphatic heterocycles. The average molecular weight is 487 g/mol. The number of carbonyl (C=O) groups excluding carboxylic acids is 3. The Hall–Kier alpha value is -3.41. The highest BCUT2D eigenvalue weighted by molar-refractivity contribution is 9.10. The third-order valence-electron chi connectivity index (χ3n) is 3.48. The summed E-state index contributed by atoms with van der Waals surface area (Å²) in [7, 11) is 0. The van der Waals surface area contributed by atoms with Crippen LogP contribution >= 0.6 is 15.9 Å². The van der Waals surface area contributed by atoms with Crippen LogP contribution in [0.15, 0.2) is 34.8 Å². The van der Waals surface area contributed by atoms with Crippen LogP contribution in [-0.4, -0.2) is 36.0 Å². The van der Waals surface area contributed by atoms with Crippen LogP contribution in [-0.2, 0) is 14.3 Å². The van der Waals surface area contributed by atoms with Crippen molar-refractivity contribution in [2.24, 2.45) is 0 Å². The molecule has 2 aromatic rings. The van der Waals surface area contributed by atoms with Gasteiger partial charge in [0, 0.05) is 22.7 Å². The maximum atomic E-state index is 13.7. The molecule has 0 bridgehead atoms. The smallest absolute Gasteiger partial charge is 0.338 e. The molecule has 0 aliphatic rings. The Kier molecular flexibility index (Phi) is 7.53. The minimum Gasteiger partial charge on any atom is -0.462 e. The molecule has 2 aromatic carbocycles.